The second-order valence-electron chi connectivity index (χ2n) is 6.25. The molecule has 0 atom stereocenters. The monoisotopic (exact) mass is 553 g/mol. The first-order valence-corrected chi connectivity index (χ1v) is 9.36. The van der Waals surface area contributed by atoms with Crippen LogP contribution in [0.15, 0.2) is 47.5 Å². The first kappa shape index (κ1) is 26.7. The molecular formula is C21H27F3IN3O3. The van der Waals surface area contributed by atoms with E-state index in [9.17, 15) is 13.2 Å². The van der Waals surface area contributed by atoms with Gasteiger partial charge in [0, 0.05) is 18.7 Å². The van der Waals surface area contributed by atoms with Gasteiger partial charge < -0.3 is 24.8 Å². The van der Waals surface area contributed by atoms with Crippen LogP contribution in [-0.2, 0) is 13.1 Å². The molecule has 0 aliphatic heterocycles. The third-order valence-electron chi connectivity index (χ3n) is 4.02. The Bertz CT molecular complexity index is 848. The first-order chi connectivity index (χ1) is 14.4. The molecule has 172 valence electrons. The Hall–Kier alpha value is -2.37. The fraction of sp³-hybridized carbons (Fsp3) is 0.381. The lowest BCUT2D eigenvalue weighted by Gasteiger charge is -2.15. The Morgan fingerprint density at radius 3 is 2.32 bits per heavy atom. The summed E-state index contributed by atoms with van der Waals surface area (Å²) in [7, 11) is 3.13. The zero-order valence-corrected chi connectivity index (χ0v) is 19.9. The predicted molar refractivity (Wildman–Crippen MR) is 125 cm³/mol. The van der Waals surface area contributed by atoms with E-state index in [0.29, 0.717) is 36.1 Å². The summed E-state index contributed by atoms with van der Waals surface area (Å²) in [6.07, 6.45) is -4.39. The average Bonchev–Trinajstić information content (AvgIpc) is 2.74. The molecule has 2 aromatic carbocycles. The summed E-state index contributed by atoms with van der Waals surface area (Å²) in [6, 6.07) is 12.1. The van der Waals surface area contributed by atoms with Gasteiger partial charge in [0.1, 0.15) is 5.75 Å². The van der Waals surface area contributed by atoms with Crippen LogP contribution in [0.25, 0.3) is 0 Å². The summed E-state index contributed by atoms with van der Waals surface area (Å²) in [5.41, 5.74) is 1.51. The molecule has 0 spiro atoms. The molecule has 0 aromatic heterocycles. The minimum Gasteiger partial charge on any atom is -0.493 e. The maximum absolute atomic E-state index is 12.5. The first-order valence-electron chi connectivity index (χ1n) is 9.36. The number of hydrogen-bond donors (Lipinski definition) is 2. The molecule has 0 saturated heterocycles. The molecule has 2 N–H and O–H groups in total. The number of para-hydroxylation sites is 1. The molecule has 2 rings (SSSR count). The molecule has 0 fully saturated rings. The number of guanidine groups is 1. The predicted octanol–water partition coefficient (Wildman–Crippen LogP) is 4.52. The van der Waals surface area contributed by atoms with E-state index in [-0.39, 0.29) is 36.3 Å². The fourth-order valence-electron chi connectivity index (χ4n) is 2.62. The standard InChI is InChI=1S/C21H26F3N3O3.HI/c1-4-25-20(26-12-15-9-10-18(28-2)19(11-15)29-3)27-13-16-7-5-6-8-17(16)30-14-21(22,23)24;/h5-11H,4,12-14H2,1-3H3,(H2,25,26,27);1H. The fourth-order valence-corrected chi connectivity index (χ4v) is 2.62. The van der Waals surface area contributed by atoms with Crippen LogP contribution in [0, 0.1) is 0 Å². The molecular weight excluding hydrogens is 526 g/mol. The van der Waals surface area contributed by atoms with Crippen molar-refractivity contribution in [2.24, 2.45) is 4.99 Å². The van der Waals surface area contributed by atoms with Gasteiger partial charge >= 0.3 is 6.18 Å². The molecule has 0 radical (unpaired) electrons. The zero-order chi connectivity index (χ0) is 22.0. The van der Waals surface area contributed by atoms with Crippen molar-refractivity contribution >= 4 is 29.9 Å². The van der Waals surface area contributed by atoms with Crippen molar-refractivity contribution in [2.45, 2.75) is 26.2 Å². The normalized spacial score (nSPS) is 11.4. The number of nitrogens with zero attached hydrogens (tertiary/aromatic N) is 1. The Kier molecular flexibility index (Phi) is 11.3. The van der Waals surface area contributed by atoms with Crippen LogP contribution in [-0.4, -0.2) is 39.5 Å². The van der Waals surface area contributed by atoms with Crippen LogP contribution in [0.4, 0.5) is 13.2 Å². The van der Waals surface area contributed by atoms with Crippen molar-refractivity contribution in [1.29, 1.82) is 0 Å². The van der Waals surface area contributed by atoms with Crippen molar-refractivity contribution in [3.05, 3.63) is 53.6 Å². The lowest BCUT2D eigenvalue weighted by molar-refractivity contribution is -0.153. The van der Waals surface area contributed by atoms with Gasteiger partial charge in [-0.1, -0.05) is 24.3 Å². The van der Waals surface area contributed by atoms with E-state index in [1.54, 1.807) is 38.5 Å². The largest absolute Gasteiger partial charge is 0.493 e. The van der Waals surface area contributed by atoms with E-state index in [1.807, 2.05) is 19.1 Å². The number of aliphatic imine (C=N–C) groups is 1. The highest BCUT2D eigenvalue weighted by molar-refractivity contribution is 14.0. The van der Waals surface area contributed by atoms with Crippen LogP contribution in [0.2, 0.25) is 0 Å². The molecule has 2 aromatic rings. The van der Waals surface area contributed by atoms with Gasteiger partial charge in [0.05, 0.1) is 20.8 Å². The summed E-state index contributed by atoms with van der Waals surface area (Å²) in [5.74, 6) is 1.94. The molecule has 6 nitrogen and oxygen atoms in total. The topological polar surface area (TPSA) is 64.1 Å². The quantitative estimate of drug-likeness (QED) is 0.272. The second kappa shape index (κ2) is 13.1. The number of nitrogens with one attached hydrogen (secondary N) is 2. The van der Waals surface area contributed by atoms with E-state index in [1.165, 1.54) is 6.07 Å². The second-order valence-corrected chi connectivity index (χ2v) is 6.25. The highest BCUT2D eigenvalue weighted by atomic mass is 127. The average molecular weight is 553 g/mol. The number of halogens is 4. The SMILES string of the molecule is CCNC(=NCc1ccc(OC)c(OC)c1)NCc1ccccc1OCC(F)(F)F.I. The number of methoxy groups -OCH3 is 2. The molecule has 0 unspecified atom stereocenters. The third kappa shape index (κ3) is 9.11. The third-order valence-corrected chi connectivity index (χ3v) is 4.02. The molecule has 0 saturated carbocycles. The molecule has 0 amide bonds. The van der Waals surface area contributed by atoms with Gasteiger partial charge in [0.15, 0.2) is 24.1 Å². The van der Waals surface area contributed by atoms with E-state index < -0.39 is 12.8 Å². The number of hydrogen-bond acceptors (Lipinski definition) is 4. The summed E-state index contributed by atoms with van der Waals surface area (Å²) in [5, 5.41) is 6.23. The summed E-state index contributed by atoms with van der Waals surface area (Å²) in [6.45, 7) is 1.85. The van der Waals surface area contributed by atoms with Gasteiger partial charge in [-0.2, -0.15) is 13.2 Å². The molecule has 0 bridgehead atoms. The van der Waals surface area contributed by atoms with Gasteiger partial charge in [-0.05, 0) is 30.7 Å². The lowest BCUT2D eigenvalue weighted by atomic mass is 10.2. The van der Waals surface area contributed by atoms with E-state index >= 15 is 0 Å². The minimum absolute atomic E-state index is 0. The Morgan fingerprint density at radius 2 is 1.68 bits per heavy atom. The van der Waals surface area contributed by atoms with Crippen LogP contribution < -0.4 is 24.8 Å². The number of rotatable bonds is 9. The number of ether oxygens (including phenoxy) is 3. The highest BCUT2D eigenvalue weighted by Gasteiger charge is 2.28. The van der Waals surface area contributed by atoms with Gasteiger partial charge in [-0.15, -0.1) is 24.0 Å². The van der Waals surface area contributed by atoms with Crippen molar-refractivity contribution in [2.75, 3.05) is 27.4 Å². The van der Waals surface area contributed by atoms with Crippen molar-refractivity contribution in [1.82, 2.24) is 10.6 Å². The van der Waals surface area contributed by atoms with Crippen LogP contribution >= 0.6 is 24.0 Å². The van der Waals surface area contributed by atoms with E-state index in [4.69, 9.17) is 14.2 Å². The van der Waals surface area contributed by atoms with Gasteiger partial charge in [-0.3, -0.25) is 0 Å². The smallest absolute Gasteiger partial charge is 0.422 e. The molecule has 0 aliphatic rings. The Labute approximate surface area is 197 Å². The molecule has 0 heterocycles. The highest BCUT2D eigenvalue weighted by Crippen LogP contribution is 2.27. The summed E-state index contributed by atoms with van der Waals surface area (Å²) >= 11 is 0. The van der Waals surface area contributed by atoms with Crippen LogP contribution in [0.3, 0.4) is 0 Å². The Morgan fingerprint density at radius 1 is 0.968 bits per heavy atom. The Balaban J connectivity index is 0.00000480. The summed E-state index contributed by atoms with van der Waals surface area (Å²) < 4.78 is 52.8. The minimum atomic E-state index is -4.39. The number of benzene rings is 2. The van der Waals surface area contributed by atoms with Crippen molar-refractivity contribution in [3.63, 3.8) is 0 Å². The van der Waals surface area contributed by atoms with Crippen molar-refractivity contribution in [3.8, 4) is 17.2 Å². The van der Waals surface area contributed by atoms with Gasteiger partial charge in [-0.25, -0.2) is 4.99 Å². The van der Waals surface area contributed by atoms with Crippen molar-refractivity contribution < 1.29 is 27.4 Å². The van der Waals surface area contributed by atoms with E-state index in [2.05, 4.69) is 15.6 Å². The molecule has 31 heavy (non-hydrogen) atoms. The molecule has 0 aliphatic carbocycles. The summed E-state index contributed by atoms with van der Waals surface area (Å²) in [4.78, 5) is 4.52. The maximum Gasteiger partial charge on any atom is 0.422 e. The van der Waals surface area contributed by atoms with Gasteiger partial charge in [0.2, 0.25) is 0 Å². The van der Waals surface area contributed by atoms with Crippen LogP contribution in [0.5, 0.6) is 17.2 Å². The van der Waals surface area contributed by atoms with E-state index in [0.717, 1.165) is 5.56 Å². The maximum atomic E-state index is 12.5. The molecule has 10 heteroatoms. The van der Waals surface area contributed by atoms with Gasteiger partial charge in [0.25, 0.3) is 0 Å². The van der Waals surface area contributed by atoms with Crippen LogP contribution in [0.1, 0.15) is 18.1 Å². The number of alkyl halides is 3. The lowest BCUT2D eigenvalue weighted by Crippen LogP contribution is -2.37. The zero-order valence-electron chi connectivity index (χ0n) is 17.6.